The average Bonchev–Trinajstić information content (AvgIpc) is 3.32. The van der Waals surface area contributed by atoms with Gasteiger partial charge in [0, 0.05) is 27.1 Å². The number of hydrazone groups is 1. The maximum Gasteiger partial charge on any atom is 0.250 e. The third-order valence-electron chi connectivity index (χ3n) is 6.11. The quantitative estimate of drug-likeness (QED) is 0.220. The summed E-state index contributed by atoms with van der Waals surface area (Å²) >= 11 is 5.12. The molecule has 1 aliphatic carbocycles. The van der Waals surface area contributed by atoms with Crippen molar-refractivity contribution in [3.05, 3.63) is 111 Å². The zero-order chi connectivity index (χ0) is 23.7. The molecule has 1 heterocycles. The minimum atomic E-state index is -0.107. The molecule has 1 amide bonds. The molecule has 0 fully saturated rings. The fraction of sp³-hybridized carbons (Fsp3) is 0.143. The van der Waals surface area contributed by atoms with Crippen LogP contribution in [0.4, 0.5) is 0 Å². The van der Waals surface area contributed by atoms with Crippen molar-refractivity contribution in [3.8, 4) is 16.8 Å². The number of benzene rings is 3. The molecule has 6 heteroatoms. The molecule has 4 nitrogen and oxygen atoms in total. The SMILES string of the molecule is Cc1cc(/C=N\NC(=O)CSC2c3ccccc3-c3ccccc32)c(C)n1-c1ccc(Br)cc1. The molecule has 0 saturated carbocycles. The first kappa shape index (κ1) is 22.7. The first-order valence-corrected chi connectivity index (χ1v) is 12.9. The van der Waals surface area contributed by atoms with Gasteiger partial charge in [0.15, 0.2) is 0 Å². The van der Waals surface area contributed by atoms with E-state index in [2.05, 4.69) is 112 Å². The molecule has 0 saturated heterocycles. The minimum Gasteiger partial charge on any atom is -0.318 e. The van der Waals surface area contributed by atoms with Crippen molar-refractivity contribution in [1.82, 2.24) is 9.99 Å². The van der Waals surface area contributed by atoms with Gasteiger partial charge in [0.2, 0.25) is 5.91 Å². The maximum atomic E-state index is 12.6. The predicted molar refractivity (Wildman–Crippen MR) is 145 cm³/mol. The van der Waals surface area contributed by atoms with Gasteiger partial charge in [0.25, 0.3) is 0 Å². The molecule has 0 atom stereocenters. The van der Waals surface area contributed by atoms with Crippen LogP contribution < -0.4 is 5.43 Å². The number of aryl methyl sites for hydroxylation is 1. The van der Waals surface area contributed by atoms with E-state index in [1.807, 2.05) is 12.1 Å². The summed E-state index contributed by atoms with van der Waals surface area (Å²) in [6, 6.07) is 27.2. The second kappa shape index (κ2) is 9.65. The van der Waals surface area contributed by atoms with E-state index in [0.29, 0.717) is 5.75 Å². The van der Waals surface area contributed by atoms with Gasteiger partial charge < -0.3 is 4.57 Å². The zero-order valence-corrected chi connectivity index (χ0v) is 21.4. The van der Waals surface area contributed by atoms with Crippen molar-refractivity contribution in [2.75, 3.05) is 5.75 Å². The second-order valence-corrected chi connectivity index (χ2v) is 10.3. The number of halogens is 1. The number of thioether (sulfide) groups is 1. The Labute approximate surface area is 212 Å². The van der Waals surface area contributed by atoms with Crippen molar-refractivity contribution in [2.45, 2.75) is 19.1 Å². The van der Waals surface area contributed by atoms with E-state index in [9.17, 15) is 4.79 Å². The Morgan fingerprint density at radius 1 is 1.00 bits per heavy atom. The summed E-state index contributed by atoms with van der Waals surface area (Å²) in [6.07, 6.45) is 1.72. The van der Waals surface area contributed by atoms with Crippen LogP contribution in [0.2, 0.25) is 0 Å². The highest BCUT2D eigenvalue weighted by Gasteiger charge is 2.28. The van der Waals surface area contributed by atoms with Gasteiger partial charge >= 0.3 is 0 Å². The maximum absolute atomic E-state index is 12.6. The number of nitrogens with zero attached hydrogens (tertiary/aromatic N) is 2. The van der Waals surface area contributed by atoms with E-state index < -0.39 is 0 Å². The van der Waals surface area contributed by atoms with E-state index in [1.165, 1.54) is 22.3 Å². The Morgan fingerprint density at radius 2 is 1.62 bits per heavy atom. The highest BCUT2D eigenvalue weighted by atomic mass is 79.9. The Kier molecular flexibility index (Phi) is 6.44. The van der Waals surface area contributed by atoms with Crippen LogP contribution in [0.25, 0.3) is 16.8 Å². The van der Waals surface area contributed by atoms with E-state index in [-0.39, 0.29) is 11.2 Å². The van der Waals surface area contributed by atoms with E-state index in [1.54, 1.807) is 18.0 Å². The largest absolute Gasteiger partial charge is 0.318 e. The highest BCUT2D eigenvalue weighted by Crippen LogP contribution is 2.49. The van der Waals surface area contributed by atoms with Crippen LogP contribution in [0, 0.1) is 13.8 Å². The van der Waals surface area contributed by atoms with E-state index in [0.717, 1.165) is 27.1 Å². The summed E-state index contributed by atoms with van der Waals surface area (Å²) in [6.45, 7) is 4.13. The Hall–Kier alpha value is -3.09. The molecule has 0 aliphatic heterocycles. The number of rotatable bonds is 6. The molecule has 1 aliphatic rings. The van der Waals surface area contributed by atoms with Crippen LogP contribution >= 0.6 is 27.7 Å². The molecule has 0 bridgehead atoms. The number of hydrogen-bond acceptors (Lipinski definition) is 3. The molecular formula is C28H24BrN3OS. The van der Waals surface area contributed by atoms with Gasteiger partial charge in [-0.25, -0.2) is 5.43 Å². The topological polar surface area (TPSA) is 46.4 Å². The predicted octanol–water partition coefficient (Wildman–Crippen LogP) is 6.81. The summed E-state index contributed by atoms with van der Waals surface area (Å²) in [5.41, 5.74) is 12.0. The Bertz CT molecular complexity index is 1350. The third-order valence-corrected chi connectivity index (χ3v) is 7.90. The molecule has 170 valence electrons. The minimum absolute atomic E-state index is 0.107. The molecule has 1 aromatic heterocycles. The van der Waals surface area contributed by atoms with Gasteiger partial charge in [0.05, 0.1) is 17.2 Å². The van der Waals surface area contributed by atoms with Crippen LogP contribution in [0.3, 0.4) is 0 Å². The first-order chi connectivity index (χ1) is 16.5. The summed E-state index contributed by atoms with van der Waals surface area (Å²) < 4.78 is 3.23. The molecule has 0 spiro atoms. The fourth-order valence-electron chi connectivity index (χ4n) is 4.56. The van der Waals surface area contributed by atoms with Crippen molar-refractivity contribution < 1.29 is 4.79 Å². The van der Waals surface area contributed by atoms with E-state index in [4.69, 9.17) is 0 Å². The number of amides is 1. The summed E-state index contributed by atoms with van der Waals surface area (Å²) in [5, 5.41) is 4.40. The number of nitrogens with one attached hydrogen (secondary N) is 1. The monoisotopic (exact) mass is 529 g/mol. The molecular weight excluding hydrogens is 506 g/mol. The first-order valence-electron chi connectivity index (χ1n) is 11.1. The van der Waals surface area contributed by atoms with Gasteiger partial charge in [-0.05, 0) is 66.4 Å². The van der Waals surface area contributed by atoms with Crippen LogP contribution in [0.1, 0.15) is 33.3 Å². The van der Waals surface area contributed by atoms with Crippen LogP contribution in [0.5, 0.6) is 0 Å². The summed E-state index contributed by atoms with van der Waals surface area (Å²) in [7, 11) is 0. The smallest absolute Gasteiger partial charge is 0.250 e. The molecule has 0 radical (unpaired) electrons. The summed E-state index contributed by atoms with van der Waals surface area (Å²) in [4.78, 5) is 12.6. The zero-order valence-electron chi connectivity index (χ0n) is 19.0. The molecule has 1 N–H and O–H groups in total. The molecule has 34 heavy (non-hydrogen) atoms. The molecule has 3 aromatic carbocycles. The second-order valence-electron chi connectivity index (χ2n) is 8.30. The standard InChI is InChI=1S/C28H24BrN3OS/c1-18-15-20(19(2)32(18)22-13-11-21(29)12-14-22)16-30-31-27(33)17-34-28-25-9-5-3-7-23(25)24-8-4-6-10-26(24)28/h3-16,28H,17H2,1-2H3,(H,31,33)/b30-16-. The lowest BCUT2D eigenvalue weighted by molar-refractivity contribution is -0.118. The lowest BCUT2D eigenvalue weighted by atomic mass is 10.1. The normalized spacial score (nSPS) is 12.7. The summed E-state index contributed by atoms with van der Waals surface area (Å²) in [5.74, 6) is 0.229. The van der Waals surface area contributed by atoms with Crippen molar-refractivity contribution in [3.63, 3.8) is 0 Å². The lowest BCUT2D eigenvalue weighted by Crippen LogP contribution is -2.20. The van der Waals surface area contributed by atoms with E-state index >= 15 is 0 Å². The highest BCUT2D eigenvalue weighted by molar-refractivity contribution is 9.10. The van der Waals surface area contributed by atoms with Gasteiger partial charge in [-0.3, -0.25) is 4.79 Å². The lowest BCUT2D eigenvalue weighted by Gasteiger charge is -2.12. The number of hydrogen-bond donors (Lipinski definition) is 1. The van der Waals surface area contributed by atoms with Crippen LogP contribution in [-0.2, 0) is 4.79 Å². The van der Waals surface area contributed by atoms with Gasteiger partial charge in [0.1, 0.15) is 0 Å². The average molecular weight is 530 g/mol. The molecule has 4 aromatic rings. The Balaban J connectivity index is 1.24. The fourth-order valence-corrected chi connectivity index (χ4v) is 5.98. The van der Waals surface area contributed by atoms with Crippen molar-refractivity contribution in [2.24, 2.45) is 5.10 Å². The van der Waals surface area contributed by atoms with Crippen molar-refractivity contribution in [1.29, 1.82) is 0 Å². The van der Waals surface area contributed by atoms with Crippen LogP contribution in [-0.4, -0.2) is 22.4 Å². The number of fused-ring (bicyclic) bond motifs is 3. The van der Waals surface area contributed by atoms with Gasteiger partial charge in [-0.15, -0.1) is 11.8 Å². The number of carbonyl (C=O) groups excluding carboxylic acids is 1. The van der Waals surface area contributed by atoms with Crippen LogP contribution in [0.15, 0.2) is 88.4 Å². The van der Waals surface area contributed by atoms with Gasteiger partial charge in [-0.1, -0.05) is 64.5 Å². The molecule has 0 unspecified atom stereocenters. The third kappa shape index (κ3) is 4.36. The Morgan fingerprint density at radius 3 is 2.26 bits per heavy atom. The van der Waals surface area contributed by atoms with Crippen molar-refractivity contribution >= 4 is 39.8 Å². The molecule has 5 rings (SSSR count). The van der Waals surface area contributed by atoms with Gasteiger partial charge in [-0.2, -0.15) is 5.10 Å². The number of carbonyl (C=O) groups is 1. The number of aromatic nitrogens is 1.